The van der Waals surface area contributed by atoms with Gasteiger partial charge in [-0.25, -0.2) is 3.71 Å². The molecule has 0 spiro atoms. The second-order valence-electron chi connectivity index (χ2n) is 1.31. The summed E-state index contributed by atoms with van der Waals surface area (Å²) >= 11 is 3.11. The summed E-state index contributed by atoms with van der Waals surface area (Å²) in [4.78, 5) is 0. The molecule has 3 heteroatoms. The van der Waals surface area contributed by atoms with E-state index in [1.165, 1.54) is 0 Å². The van der Waals surface area contributed by atoms with Gasteiger partial charge in [0.05, 0.1) is 16.1 Å². The van der Waals surface area contributed by atoms with Crippen LogP contribution in [0.5, 0.6) is 0 Å². The third-order valence-corrected chi connectivity index (χ3v) is 0.985. The van der Waals surface area contributed by atoms with Crippen molar-refractivity contribution in [2.75, 3.05) is 0 Å². The lowest BCUT2D eigenvalue weighted by atomic mass is 10.4. The first-order valence-electron chi connectivity index (χ1n) is 1.89. The first-order valence-corrected chi connectivity index (χ1v) is 2.60. The predicted octanol–water partition coefficient (Wildman–Crippen LogP) is 1.15. The van der Waals surface area contributed by atoms with Crippen LogP contribution in [0.15, 0.2) is 6.20 Å². The van der Waals surface area contributed by atoms with E-state index in [2.05, 4.69) is 27.4 Å². The van der Waals surface area contributed by atoms with Crippen molar-refractivity contribution in [1.82, 2.24) is 8.81 Å². The van der Waals surface area contributed by atoms with Crippen molar-refractivity contribution < 1.29 is 0 Å². The molecule has 1 radical (unpaired) electrons. The second-order valence-corrected chi connectivity index (χ2v) is 2.04. The van der Waals surface area contributed by atoms with Gasteiger partial charge in [0.1, 0.15) is 6.20 Å². The average molecular weight is 160 g/mol. The first-order chi connectivity index (χ1) is 3.29. The molecule has 2 nitrogen and oxygen atoms in total. The lowest BCUT2D eigenvalue weighted by molar-refractivity contribution is 1.03. The molecule has 0 aliphatic rings. The monoisotopic (exact) mass is 159 g/mol. The maximum atomic E-state index is 3.72. The molecule has 0 saturated carbocycles. The maximum Gasteiger partial charge on any atom is 0.117 e. The maximum absolute atomic E-state index is 3.72. The average Bonchev–Trinajstić information content (AvgIpc) is 1.87. The summed E-state index contributed by atoms with van der Waals surface area (Å²) in [6.45, 7) is 1.94. The minimum atomic E-state index is 1.04. The van der Waals surface area contributed by atoms with Crippen LogP contribution in [-0.4, -0.2) is 8.81 Å². The Labute approximate surface area is 50.5 Å². The highest BCUT2D eigenvalue weighted by molar-refractivity contribution is 9.08. The number of halogens is 1. The van der Waals surface area contributed by atoms with E-state index < -0.39 is 0 Å². The van der Waals surface area contributed by atoms with Gasteiger partial charge in [-0.1, -0.05) is 0 Å². The molecule has 0 fully saturated rings. The summed E-state index contributed by atoms with van der Waals surface area (Å²) < 4.78 is 1.54. The van der Waals surface area contributed by atoms with Gasteiger partial charge < -0.3 is 0 Å². The Kier molecular flexibility index (Phi) is 1.15. The summed E-state index contributed by atoms with van der Waals surface area (Å²) in [6.07, 6.45) is 4.57. The van der Waals surface area contributed by atoms with Gasteiger partial charge in [0.2, 0.25) is 0 Å². The zero-order valence-electron chi connectivity index (χ0n) is 3.85. The molecule has 1 heterocycles. The van der Waals surface area contributed by atoms with Crippen LogP contribution >= 0.6 is 16.1 Å². The molecular formula is C4H4BrN2. The molecule has 0 saturated heterocycles. The molecule has 0 N–H and O–H groups in total. The van der Waals surface area contributed by atoms with Gasteiger partial charge in [0, 0.05) is 6.20 Å². The van der Waals surface area contributed by atoms with Crippen LogP contribution in [0.1, 0.15) is 5.56 Å². The number of aryl methyl sites for hydroxylation is 1. The first kappa shape index (κ1) is 4.84. The van der Waals surface area contributed by atoms with Crippen LogP contribution in [0.2, 0.25) is 0 Å². The Morgan fingerprint density at radius 1 is 2.00 bits per heavy atom. The third-order valence-electron chi connectivity index (χ3n) is 0.622. The van der Waals surface area contributed by atoms with Gasteiger partial charge in [-0.05, 0) is 12.5 Å². The van der Waals surface area contributed by atoms with Gasteiger partial charge in [-0.2, -0.15) is 5.10 Å². The Bertz CT molecular complexity index is 142. The lowest BCUT2D eigenvalue weighted by Crippen LogP contribution is -1.72. The Hall–Kier alpha value is -0.310. The number of rotatable bonds is 0. The molecule has 0 bridgehead atoms. The number of hydrogen-bond acceptors (Lipinski definition) is 1. The van der Waals surface area contributed by atoms with Crippen LogP contribution in [0, 0.1) is 13.1 Å². The van der Waals surface area contributed by atoms with E-state index in [1.807, 2.05) is 13.1 Å². The third kappa shape index (κ3) is 1.03. The standard InChI is InChI=1S/C4H4BrN2/c1-4-2-6-7(5)3-4/h3H,1H3. The van der Waals surface area contributed by atoms with Crippen molar-refractivity contribution in [2.24, 2.45) is 0 Å². The van der Waals surface area contributed by atoms with Crippen molar-refractivity contribution >= 4 is 16.1 Å². The smallest absolute Gasteiger partial charge is 0.117 e. The fraction of sp³-hybridized carbons (Fsp3) is 0.250. The summed E-state index contributed by atoms with van der Waals surface area (Å²) in [7, 11) is 0. The molecule has 0 unspecified atom stereocenters. The normalized spacial score (nSPS) is 9.43. The van der Waals surface area contributed by atoms with Crippen LogP contribution in [0.3, 0.4) is 0 Å². The highest BCUT2D eigenvalue weighted by Crippen LogP contribution is 1.94. The molecule has 0 aliphatic heterocycles. The van der Waals surface area contributed by atoms with E-state index in [0.717, 1.165) is 5.56 Å². The van der Waals surface area contributed by atoms with Crippen molar-refractivity contribution in [3.63, 3.8) is 0 Å². The molecular weight excluding hydrogens is 156 g/mol. The summed E-state index contributed by atoms with van der Waals surface area (Å²) in [5.41, 5.74) is 1.04. The van der Waals surface area contributed by atoms with Crippen molar-refractivity contribution in [3.05, 3.63) is 18.0 Å². The molecule has 1 rings (SSSR count). The Morgan fingerprint density at radius 2 is 2.71 bits per heavy atom. The van der Waals surface area contributed by atoms with Gasteiger partial charge in [0.25, 0.3) is 0 Å². The zero-order chi connectivity index (χ0) is 5.28. The molecule has 1 aromatic rings. The zero-order valence-corrected chi connectivity index (χ0v) is 5.44. The molecule has 0 amide bonds. The Morgan fingerprint density at radius 3 is 2.86 bits per heavy atom. The van der Waals surface area contributed by atoms with Crippen molar-refractivity contribution in [2.45, 2.75) is 6.92 Å². The molecule has 37 valence electrons. The van der Waals surface area contributed by atoms with Gasteiger partial charge in [0.15, 0.2) is 0 Å². The SMILES string of the molecule is Cc1[c]nn(Br)c1. The highest BCUT2D eigenvalue weighted by atomic mass is 79.9. The molecule has 0 aromatic carbocycles. The fourth-order valence-corrected chi connectivity index (χ4v) is 0.731. The van der Waals surface area contributed by atoms with Gasteiger partial charge >= 0.3 is 0 Å². The summed E-state index contributed by atoms with van der Waals surface area (Å²) in [5.74, 6) is 0. The second kappa shape index (κ2) is 1.66. The van der Waals surface area contributed by atoms with E-state index in [0.29, 0.717) is 0 Å². The van der Waals surface area contributed by atoms with E-state index >= 15 is 0 Å². The molecule has 7 heavy (non-hydrogen) atoms. The highest BCUT2D eigenvalue weighted by Gasteiger charge is 1.84. The van der Waals surface area contributed by atoms with Crippen LogP contribution in [-0.2, 0) is 0 Å². The predicted molar refractivity (Wildman–Crippen MR) is 30.1 cm³/mol. The lowest BCUT2D eigenvalue weighted by Gasteiger charge is -1.74. The van der Waals surface area contributed by atoms with E-state index in [4.69, 9.17) is 0 Å². The topological polar surface area (TPSA) is 17.8 Å². The quantitative estimate of drug-likeness (QED) is 0.556. The minimum absolute atomic E-state index is 1.04. The molecule has 0 aliphatic carbocycles. The Balaban J connectivity index is 3.04. The van der Waals surface area contributed by atoms with Gasteiger partial charge in [-0.3, -0.25) is 0 Å². The summed E-state index contributed by atoms with van der Waals surface area (Å²) in [6, 6.07) is 0. The van der Waals surface area contributed by atoms with E-state index in [-0.39, 0.29) is 0 Å². The largest absolute Gasteiger partial charge is 0.204 e. The number of hydrogen-bond donors (Lipinski definition) is 0. The minimum Gasteiger partial charge on any atom is -0.204 e. The van der Waals surface area contributed by atoms with E-state index in [1.54, 1.807) is 3.71 Å². The molecule has 1 aromatic heterocycles. The molecule has 0 atom stereocenters. The van der Waals surface area contributed by atoms with Crippen LogP contribution in [0.25, 0.3) is 0 Å². The number of aromatic nitrogens is 2. The van der Waals surface area contributed by atoms with Crippen LogP contribution in [0.4, 0.5) is 0 Å². The summed E-state index contributed by atoms with van der Waals surface area (Å²) in [5, 5.41) is 3.72. The van der Waals surface area contributed by atoms with Crippen molar-refractivity contribution in [3.8, 4) is 0 Å². The van der Waals surface area contributed by atoms with Crippen LogP contribution < -0.4 is 0 Å². The number of nitrogens with zero attached hydrogens (tertiary/aromatic N) is 2. The van der Waals surface area contributed by atoms with E-state index in [9.17, 15) is 0 Å². The fourth-order valence-electron chi connectivity index (χ4n) is 0.344. The van der Waals surface area contributed by atoms with Crippen molar-refractivity contribution in [1.29, 1.82) is 0 Å². The van der Waals surface area contributed by atoms with Gasteiger partial charge in [-0.15, -0.1) is 0 Å².